The van der Waals surface area contributed by atoms with Crippen LogP contribution >= 0.6 is 0 Å². The van der Waals surface area contributed by atoms with E-state index in [4.69, 9.17) is 0 Å². The summed E-state index contributed by atoms with van der Waals surface area (Å²) >= 11 is 0. The van der Waals surface area contributed by atoms with E-state index < -0.39 is 5.54 Å². The molecule has 7 nitrogen and oxygen atoms in total. The van der Waals surface area contributed by atoms with Crippen molar-refractivity contribution in [3.8, 4) is 0 Å². The highest BCUT2D eigenvalue weighted by atomic mass is 16.2. The van der Waals surface area contributed by atoms with Gasteiger partial charge in [-0.15, -0.1) is 0 Å². The second-order valence-electron chi connectivity index (χ2n) is 6.59. The molecular weight excluding hydrogens is 328 g/mol. The van der Waals surface area contributed by atoms with Crippen LogP contribution in [0.1, 0.15) is 18.4 Å². The Labute approximate surface area is 152 Å². The average Bonchev–Trinajstić information content (AvgIpc) is 3.38. The smallest absolute Gasteiger partial charge is 0.252 e. The van der Waals surface area contributed by atoms with E-state index in [2.05, 4.69) is 20.8 Å². The second-order valence-corrected chi connectivity index (χ2v) is 6.59. The van der Waals surface area contributed by atoms with Crippen LogP contribution in [0, 0.1) is 0 Å². The molecule has 1 fully saturated rings. The molecule has 0 unspecified atom stereocenters. The third kappa shape index (κ3) is 3.25. The van der Waals surface area contributed by atoms with Gasteiger partial charge in [-0.1, -0.05) is 12.1 Å². The van der Waals surface area contributed by atoms with Crippen LogP contribution in [0.5, 0.6) is 0 Å². The minimum Gasteiger partial charge on any atom is -0.324 e. The van der Waals surface area contributed by atoms with Crippen molar-refractivity contribution < 1.29 is 4.79 Å². The van der Waals surface area contributed by atoms with Gasteiger partial charge in [0.15, 0.2) is 0 Å². The lowest BCUT2D eigenvalue weighted by Crippen LogP contribution is -2.52. The van der Waals surface area contributed by atoms with Crippen molar-refractivity contribution in [2.75, 3.05) is 18.4 Å². The minimum absolute atomic E-state index is 0.0115. The van der Waals surface area contributed by atoms with E-state index in [1.165, 1.54) is 0 Å². The Balaban J connectivity index is 1.49. The molecule has 0 bridgehead atoms. The standard InChI is InChI=1S/C19H22N6O/c26-18(19(7-11-20-12-8-19)25-14-2-10-22-25)23-17-5-3-16(4-6-17)15-24-13-1-9-21-24/h1-6,9-10,13-14,20H,7-8,11-12,15H2,(H,23,26). The summed E-state index contributed by atoms with van der Waals surface area (Å²) in [6.07, 6.45) is 8.73. The van der Waals surface area contributed by atoms with Crippen molar-refractivity contribution >= 4 is 11.6 Å². The van der Waals surface area contributed by atoms with E-state index >= 15 is 0 Å². The summed E-state index contributed by atoms with van der Waals surface area (Å²) in [5.41, 5.74) is 1.29. The van der Waals surface area contributed by atoms with Gasteiger partial charge in [0.2, 0.25) is 0 Å². The quantitative estimate of drug-likeness (QED) is 0.736. The number of anilines is 1. The molecule has 0 spiro atoms. The Morgan fingerprint density at radius 1 is 1.08 bits per heavy atom. The lowest BCUT2D eigenvalue weighted by molar-refractivity contribution is -0.126. The summed E-state index contributed by atoms with van der Waals surface area (Å²) in [4.78, 5) is 13.1. The van der Waals surface area contributed by atoms with Crippen LogP contribution in [0.15, 0.2) is 61.2 Å². The Morgan fingerprint density at radius 2 is 1.81 bits per heavy atom. The number of nitrogens with zero attached hydrogens (tertiary/aromatic N) is 4. The number of hydrogen-bond acceptors (Lipinski definition) is 4. The molecule has 4 rings (SSSR count). The normalized spacial score (nSPS) is 16.3. The van der Waals surface area contributed by atoms with E-state index in [0.717, 1.165) is 37.2 Å². The number of carbonyl (C=O) groups is 1. The maximum Gasteiger partial charge on any atom is 0.252 e. The number of amides is 1. The summed E-state index contributed by atoms with van der Waals surface area (Å²) in [6, 6.07) is 11.7. The molecule has 3 heterocycles. The van der Waals surface area contributed by atoms with Crippen molar-refractivity contribution in [2.45, 2.75) is 24.9 Å². The van der Waals surface area contributed by atoms with Gasteiger partial charge in [0.25, 0.3) is 5.91 Å². The third-order valence-corrected chi connectivity index (χ3v) is 4.91. The zero-order valence-electron chi connectivity index (χ0n) is 14.5. The SMILES string of the molecule is O=C(Nc1ccc(Cn2cccn2)cc1)C1(n2cccn2)CCNCC1. The maximum absolute atomic E-state index is 13.1. The van der Waals surface area contributed by atoms with Gasteiger partial charge in [0.1, 0.15) is 5.54 Å². The van der Waals surface area contributed by atoms with Crippen LogP contribution in [0.25, 0.3) is 0 Å². The highest BCUT2D eigenvalue weighted by Gasteiger charge is 2.41. The summed E-state index contributed by atoms with van der Waals surface area (Å²) in [5, 5.41) is 15.0. The maximum atomic E-state index is 13.1. The second kappa shape index (κ2) is 7.13. The Morgan fingerprint density at radius 3 is 2.46 bits per heavy atom. The molecule has 2 aromatic heterocycles. The van der Waals surface area contributed by atoms with Gasteiger partial charge in [-0.2, -0.15) is 10.2 Å². The zero-order chi connectivity index (χ0) is 17.8. The number of rotatable bonds is 5. The average molecular weight is 350 g/mol. The predicted molar refractivity (Wildman–Crippen MR) is 98.7 cm³/mol. The molecule has 1 aliphatic heterocycles. The van der Waals surface area contributed by atoms with E-state index in [0.29, 0.717) is 6.54 Å². The number of carbonyl (C=O) groups excluding carboxylic acids is 1. The van der Waals surface area contributed by atoms with E-state index in [9.17, 15) is 4.79 Å². The molecule has 7 heteroatoms. The first-order valence-electron chi connectivity index (χ1n) is 8.85. The fourth-order valence-corrected chi connectivity index (χ4v) is 3.44. The van der Waals surface area contributed by atoms with Gasteiger partial charge < -0.3 is 10.6 Å². The molecule has 26 heavy (non-hydrogen) atoms. The van der Waals surface area contributed by atoms with Crippen LogP contribution in [-0.4, -0.2) is 38.6 Å². The number of hydrogen-bond donors (Lipinski definition) is 2. The predicted octanol–water partition coefficient (Wildman–Crippen LogP) is 1.85. The first-order valence-corrected chi connectivity index (χ1v) is 8.85. The fraction of sp³-hybridized carbons (Fsp3) is 0.316. The highest BCUT2D eigenvalue weighted by Crippen LogP contribution is 2.28. The van der Waals surface area contributed by atoms with Gasteiger partial charge in [-0.25, -0.2) is 0 Å². The number of aromatic nitrogens is 4. The molecule has 1 saturated heterocycles. The first kappa shape index (κ1) is 16.5. The van der Waals surface area contributed by atoms with Crippen LogP contribution in [0.2, 0.25) is 0 Å². The molecule has 1 aliphatic rings. The van der Waals surface area contributed by atoms with Gasteiger partial charge in [-0.05, 0) is 55.8 Å². The topological polar surface area (TPSA) is 76.8 Å². The molecule has 1 amide bonds. The highest BCUT2D eigenvalue weighted by molar-refractivity contribution is 5.96. The lowest BCUT2D eigenvalue weighted by atomic mass is 9.87. The number of nitrogens with one attached hydrogen (secondary N) is 2. The first-order chi connectivity index (χ1) is 12.8. The van der Waals surface area contributed by atoms with Crippen LogP contribution in [0.4, 0.5) is 5.69 Å². The molecule has 0 radical (unpaired) electrons. The molecule has 0 atom stereocenters. The van der Waals surface area contributed by atoms with Crippen LogP contribution in [-0.2, 0) is 16.9 Å². The Kier molecular flexibility index (Phi) is 4.53. The van der Waals surface area contributed by atoms with Crippen molar-refractivity contribution in [3.63, 3.8) is 0 Å². The van der Waals surface area contributed by atoms with E-state index in [-0.39, 0.29) is 5.91 Å². The summed E-state index contributed by atoms with van der Waals surface area (Å²) in [5.74, 6) is -0.0115. The molecule has 2 N–H and O–H groups in total. The van der Waals surface area contributed by atoms with Crippen molar-refractivity contribution in [1.82, 2.24) is 24.9 Å². The lowest BCUT2D eigenvalue weighted by Gasteiger charge is -2.36. The molecule has 1 aromatic carbocycles. The third-order valence-electron chi connectivity index (χ3n) is 4.91. The van der Waals surface area contributed by atoms with E-state index in [1.807, 2.05) is 53.5 Å². The van der Waals surface area contributed by atoms with Gasteiger partial charge in [0, 0.05) is 30.5 Å². The van der Waals surface area contributed by atoms with Gasteiger partial charge in [0.05, 0.1) is 6.54 Å². The Bertz CT molecular complexity index is 833. The van der Waals surface area contributed by atoms with Crippen molar-refractivity contribution in [2.24, 2.45) is 0 Å². The molecule has 134 valence electrons. The summed E-state index contributed by atoms with van der Waals surface area (Å²) < 4.78 is 3.67. The number of piperidine rings is 1. The molecule has 0 aliphatic carbocycles. The van der Waals surface area contributed by atoms with E-state index in [1.54, 1.807) is 17.1 Å². The monoisotopic (exact) mass is 350 g/mol. The van der Waals surface area contributed by atoms with Crippen molar-refractivity contribution in [3.05, 3.63) is 66.7 Å². The minimum atomic E-state index is -0.636. The molecule has 0 saturated carbocycles. The fourth-order valence-electron chi connectivity index (χ4n) is 3.44. The molecule has 3 aromatic rings. The largest absolute Gasteiger partial charge is 0.324 e. The van der Waals surface area contributed by atoms with Crippen LogP contribution < -0.4 is 10.6 Å². The summed E-state index contributed by atoms with van der Waals surface area (Å²) in [6.45, 7) is 2.32. The Hall–Kier alpha value is -2.93. The zero-order valence-corrected chi connectivity index (χ0v) is 14.5. The van der Waals surface area contributed by atoms with Crippen molar-refractivity contribution in [1.29, 1.82) is 0 Å². The van der Waals surface area contributed by atoms with Gasteiger partial charge in [-0.3, -0.25) is 14.2 Å². The number of benzene rings is 1. The van der Waals surface area contributed by atoms with Crippen LogP contribution in [0.3, 0.4) is 0 Å². The summed E-state index contributed by atoms with van der Waals surface area (Å²) in [7, 11) is 0. The molecular formula is C19H22N6O. The van der Waals surface area contributed by atoms with Gasteiger partial charge >= 0.3 is 0 Å².